The van der Waals surface area contributed by atoms with Crippen LogP contribution in [0.2, 0.25) is 0 Å². The van der Waals surface area contributed by atoms with E-state index in [1.807, 2.05) is 0 Å². The largest absolute Gasteiger partial charge is 1.00 e. The molecule has 4 fully saturated rings. The second-order valence-electron chi connectivity index (χ2n) is 12.4. The Kier molecular flexibility index (Phi) is 9.65. The van der Waals surface area contributed by atoms with E-state index in [0.717, 1.165) is 38.5 Å². The molecular formula is C27H46NaO6+. The molecule has 11 atom stereocenters. The summed E-state index contributed by atoms with van der Waals surface area (Å²) in [4.78, 5) is 12.1. The molecule has 7 heteroatoms. The van der Waals surface area contributed by atoms with Crippen LogP contribution in [0.25, 0.3) is 0 Å². The standard InChI is InChI=1S/C27H46O6.Na/c1-16(4-9-25(32)33-15-19(30)14-28)21-7-8-22-20-6-5-17-12-18(29)10-11-26(17,2)23(20)13-24(31)27(21,22)3;/h16-24,28-31H,4-15H2,1-3H3;/q;+1/t16-,17?,18-,19?,20?,21-,22?,23?,24+,26+,27-;/m1./s1. The molecule has 4 aliphatic rings. The van der Waals surface area contributed by atoms with Gasteiger partial charge in [0.05, 0.1) is 18.8 Å². The van der Waals surface area contributed by atoms with E-state index in [-0.39, 0.29) is 65.2 Å². The number of hydrogen-bond acceptors (Lipinski definition) is 6. The fourth-order valence-corrected chi connectivity index (χ4v) is 9.02. The molecule has 0 heterocycles. The van der Waals surface area contributed by atoms with Crippen LogP contribution < -0.4 is 29.6 Å². The van der Waals surface area contributed by atoms with E-state index in [0.29, 0.717) is 41.9 Å². The molecule has 4 aliphatic carbocycles. The van der Waals surface area contributed by atoms with E-state index in [2.05, 4.69) is 20.8 Å². The van der Waals surface area contributed by atoms with E-state index < -0.39 is 12.7 Å². The van der Waals surface area contributed by atoms with Gasteiger partial charge in [0.1, 0.15) is 12.7 Å². The van der Waals surface area contributed by atoms with Gasteiger partial charge >= 0.3 is 35.5 Å². The van der Waals surface area contributed by atoms with Crippen LogP contribution in [-0.4, -0.2) is 57.9 Å². The van der Waals surface area contributed by atoms with E-state index >= 15 is 0 Å². The molecular weight excluding hydrogens is 443 g/mol. The molecule has 0 aromatic heterocycles. The Labute approximate surface area is 227 Å². The van der Waals surface area contributed by atoms with Crippen molar-refractivity contribution in [2.24, 2.45) is 46.3 Å². The Hall–Kier alpha value is 0.310. The van der Waals surface area contributed by atoms with Crippen LogP contribution >= 0.6 is 0 Å². The first-order chi connectivity index (χ1) is 15.6. The second kappa shape index (κ2) is 11.4. The van der Waals surface area contributed by atoms with Crippen LogP contribution in [0.1, 0.15) is 85.0 Å². The predicted octanol–water partition coefficient (Wildman–Crippen LogP) is 0.294. The zero-order chi connectivity index (χ0) is 24.0. The monoisotopic (exact) mass is 489 g/mol. The quantitative estimate of drug-likeness (QED) is 0.303. The number of carbonyl (C=O) groups is 1. The Morgan fingerprint density at radius 2 is 1.79 bits per heavy atom. The van der Waals surface area contributed by atoms with Gasteiger partial charge in [0.15, 0.2) is 0 Å². The molecule has 0 saturated heterocycles. The van der Waals surface area contributed by atoms with Gasteiger partial charge in [0.25, 0.3) is 0 Å². The van der Waals surface area contributed by atoms with Crippen molar-refractivity contribution < 1.29 is 59.5 Å². The van der Waals surface area contributed by atoms with Crippen molar-refractivity contribution in [2.45, 2.75) is 103 Å². The number of esters is 1. The maximum absolute atomic E-state index is 12.1. The maximum Gasteiger partial charge on any atom is 1.00 e. The molecule has 190 valence electrons. The number of fused-ring (bicyclic) bond motifs is 5. The predicted molar refractivity (Wildman–Crippen MR) is 125 cm³/mol. The molecule has 4 saturated carbocycles. The molecule has 0 spiro atoms. The van der Waals surface area contributed by atoms with E-state index in [9.17, 15) is 20.1 Å². The van der Waals surface area contributed by atoms with Gasteiger partial charge in [-0.05, 0) is 104 Å². The molecule has 0 radical (unpaired) electrons. The van der Waals surface area contributed by atoms with Gasteiger partial charge in [-0.3, -0.25) is 4.79 Å². The Morgan fingerprint density at radius 1 is 1.06 bits per heavy atom. The molecule has 0 aliphatic heterocycles. The Morgan fingerprint density at radius 3 is 2.50 bits per heavy atom. The summed E-state index contributed by atoms with van der Waals surface area (Å²) in [5.74, 6) is 2.73. The van der Waals surface area contributed by atoms with Crippen molar-refractivity contribution in [3.05, 3.63) is 0 Å². The van der Waals surface area contributed by atoms with Crippen LogP contribution in [0.5, 0.6) is 0 Å². The number of aliphatic hydroxyl groups excluding tert-OH is 4. The van der Waals surface area contributed by atoms with Crippen LogP contribution in [0.3, 0.4) is 0 Å². The summed E-state index contributed by atoms with van der Waals surface area (Å²) >= 11 is 0. The van der Waals surface area contributed by atoms with E-state index in [1.54, 1.807) is 0 Å². The zero-order valence-corrected chi connectivity index (χ0v) is 23.8. The SMILES string of the molecule is C[C@H](CCC(=O)OCC(O)CO)[C@H]1CCC2C3CCC4C[C@H](O)CC[C@]4(C)C3C[C@H](O)[C@@]21C.[Na+]. The first kappa shape index (κ1) is 28.9. The molecule has 34 heavy (non-hydrogen) atoms. The average Bonchev–Trinajstić information content (AvgIpc) is 3.15. The number of hydrogen-bond donors (Lipinski definition) is 4. The maximum atomic E-state index is 12.1. The van der Waals surface area contributed by atoms with Gasteiger partial charge < -0.3 is 25.2 Å². The Bertz CT molecular complexity index is 705. The van der Waals surface area contributed by atoms with Gasteiger partial charge in [0.2, 0.25) is 0 Å². The first-order valence-electron chi connectivity index (χ1n) is 13.4. The van der Waals surface area contributed by atoms with Crippen molar-refractivity contribution in [3.8, 4) is 0 Å². The van der Waals surface area contributed by atoms with E-state index in [1.165, 1.54) is 19.3 Å². The third-order valence-corrected chi connectivity index (χ3v) is 11.0. The fourth-order valence-electron chi connectivity index (χ4n) is 9.02. The number of rotatable bonds is 7. The fraction of sp³-hybridized carbons (Fsp3) is 0.963. The molecule has 4 N–H and O–H groups in total. The summed E-state index contributed by atoms with van der Waals surface area (Å²) in [7, 11) is 0. The summed E-state index contributed by atoms with van der Waals surface area (Å²) < 4.78 is 5.08. The third kappa shape index (κ3) is 5.16. The molecule has 4 rings (SSSR count). The van der Waals surface area contributed by atoms with Crippen molar-refractivity contribution in [2.75, 3.05) is 13.2 Å². The van der Waals surface area contributed by atoms with Gasteiger partial charge in [-0.25, -0.2) is 0 Å². The molecule has 0 aromatic carbocycles. The van der Waals surface area contributed by atoms with Crippen molar-refractivity contribution in [3.63, 3.8) is 0 Å². The molecule has 0 amide bonds. The van der Waals surface area contributed by atoms with Crippen LogP contribution in [-0.2, 0) is 9.53 Å². The summed E-state index contributed by atoms with van der Waals surface area (Å²) in [6.45, 7) is 6.41. The minimum absolute atomic E-state index is 0. The van der Waals surface area contributed by atoms with Gasteiger partial charge in [-0.15, -0.1) is 0 Å². The van der Waals surface area contributed by atoms with Crippen LogP contribution in [0, 0.1) is 46.3 Å². The van der Waals surface area contributed by atoms with Crippen molar-refractivity contribution in [1.29, 1.82) is 0 Å². The average molecular weight is 490 g/mol. The van der Waals surface area contributed by atoms with Gasteiger partial charge in [-0.1, -0.05) is 20.8 Å². The molecule has 5 unspecified atom stereocenters. The normalized spacial score (nSPS) is 45.2. The number of aliphatic hydroxyl groups is 4. The minimum atomic E-state index is -1.02. The summed E-state index contributed by atoms with van der Waals surface area (Å²) in [5, 5.41) is 40.1. The summed E-state index contributed by atoms with van der Waals surface area (Å²) in [5.41, 5.74) is 0.145. The molecule has 6 nitrogen and oxygen atoms in total. The summed E-state index contributed by atoms with van der Waals surface area (Å²) in [6.07, 6.45) is 8.07. The summed E-state index contributed by atoms with van der Waals surface area (Å²) in [6, 6.07) is 0. The zero-order valence-electron chi connectivity index (χ0n) is 21.8. The second-order valence-corrected chi connectivity index (χ2v) is 12.4. The van der Waals surface area contributed by atoms with Crippen molar-refractivity contribution >= 4 is 5.97 Å². The van der Waals surface area contributed by atoms with Crippen LogP contribution in [0.4, 0.5) is 0 Å². The molecule has 0 aromatic rings. The van der Waals surface area contributed by atoms with Crippen LogP contribution in [0.15, 0.2) is 0 Å². The topological polar surface area (TPSA) is 107 Å². The number of carbonyl (C=O) groups excluding carboxylic acids is 1. The first-order valence-corrected chi connectivity index (χ1v) is 13.4. The Balaban J connectivity index is 0.00000324. The number of ether oxygens (including phenoxy) is 1. The van der Waals surface area contributed by atoms with Crippen molar-refractivity contribution in [1.82, 2.24) is 0 Å². The van der Waals surface area contributed by atoms with Gasteiger partial charge in [0, 0.05) is 6.42 Å². The minimum Gasteiger partial charge on any atom is -0.463 e. The van der Waals surface area contributed by atoms with Gasteiger partial charge in [-0.2, -0.15) is 0 Å². The molecule has 0 bridgehead atoms. The smallest absolute Gasteiger partial charge is 0.463 e. The van der Waals surface area contributed by atoms with E-state index in [4.69, 9.17) is 9.84 Å². The third-order valence-electron chi connectivity index (χ3n) is 11.0.